The van der Waals surface area contributed by atoms with Crippen LogP contribution in [0.1, 0.15) is 0 Å². The Labute approximate surface area is 90.6 Å². The molecular formula is C12H13BN2. The molecule has 0 atom stereocenters. The predicted octanol–water partition coefficient (Wildman–Crippen LogP) is 2.48. The summed E-state index contributed by atoms with van der Waals surface area (Å²) in [5.41, 5.74) is 2.25. The Morgan fingerprint density at radius 3 is 1.40 bits per heavy atom. The van der Waals surface area contributed by atoms with Crippen LogP contribution < -0.4 is 10.5 Å². The molecule has 2 rings (SSSR count). The van der Waals surface area contributed by atoms with Gasteiger partial charge in [-0.15, -0.1) is 0 Å². The smallest absolute Gasteiger partial charge is 0.351 e. The van der Waals surface area contributed by atoms with E-state index in [0.717, 1.165) is 18.9 Å². The van der Waals surface area contributed by atoms with Gasteiger partial charge in [0.25, 0.3) is 0 Å². The molecule has 2 N–H and O–H groups in total. The van der Waals surface area contributed by atoms with Crippen LogP contribution in [-0.4, -0.2) is 7.55 Å². The summed E-state index contributed by atoms with van der Waals surface area (Å²) in [5, 5.41) is 6.56. The highest BCUT2D eigenvalue weighted by atomic mass is 14.9. The van der Waals surface area contributed by atoms with Crippen molar-refractivity contribution in [2.75, 3.05) is 10.5 Å². The molecule has 74 valence electrons. The molecule has 0 aliphatic heterocycles. The quantitative estimate of drug-likeness (QED) is 0.734. The van der Waals surface area contributed by atoms with Gasteiger partial charge >= 0.3 is 7.55 Å². The molecule has 0 spiro atoms. The van der Waals surface area contributed by atoms with Gasteiger partial charge in [-0.25, -0.2) is 0 Å². The van der Waals surface area contributed by atoms with E-state index in [1.165, 1.54) is 0 Å². The summed E-state index contributed by atoms with van der Waals surface area (Å²) in [6.45, 7) is 0. The standard InChI is InChI=1S/C12H13BN2/c1-3-7-11(8-4-1)14-13-15-12-9-5-2-6-10-12/h1-10,13-15H. The van der Waals surface area contributed by atoms with Crippen molar-refractivity contribution in [3.05, 3.63) is 60.7 Å². The summed E-state index contributed by atoms with van der Waals surface area (Å²) in [6, 6.07) is 20.3. The minimum absolute atomic E-state index is 0.730. The molecule has 0 amide bonds. The van der Waals surface area contributed by atoms with Crippen molar-refractivity contribution < 1.29 is 0 Å². The van der Waals surface area contributed by atoms with Gasteiger partial charge in [-0.2, -0.15) is 0 Å². The largest absolute Gasteiger partial charge is 0.412 e. The van der Waals surface area contributed by atoms with Gasteiger partial charge in [0.2, 0.25) is 0 Å². The lowest BCUT2D eigenvalue weighted by Crippen LogP contribution is -2.16. The highest BCUT2D eigenvalue weighted by molar-refractivity contribution is 6.44. The van der Waals surface area contributed by atoms with E-state index in [9.17, 15) is 0 Å². The van der Waals surface area contributed by atoms with E-state index >= 15 is 0 Å². The molecule has 0 aliphatic carbocycles. The number of benzene rings is 2. The maximum atomic E-state index is 3.28. The Bertz CT molecular complexity index is 349. The van der Waals surface area contributed by atoms with E-state index in [-0.39, 0.29) is 0 Å². The van der Waals surface area contributed by atoms with Crippen LogP contribution in [0.25, 0.3) is 0 Å². The molecule has 0 saturated carbocycles. The Morgan fingerprint density at radius 1 is 0.600 bits per heavy atom. The molecule has 0 saturated heterocycles. The lowest BCUT2D eigenvalue weighted by molar-refractivity contribution is 1.63. The van der Waals surface area contributed by atoms with E-state index in [0.29, 0.717) is 0 Å². The number of nitrogens with one attached hydrogen (secondary N) is 2. The maximum Gasteiger partial charge on any atom is 0.351 e. The van der Waals surface area contributed by atoms with Gasteiger partial charge in [-0.1, -0.05) is 36.4 Å². The van der Waals surface area contributed by atoms with Gasteiger partial charge in [-0.05, 0) is 24.3 Å². The summed E-state index contributed by atoms with van der Waals surface area (Å²) < 4.78 is 0. The Kier molecular flexibility index (Phi) is 3.28. The first-order valence-corrected chi connectivity index (χ1v) is 5.03. The molecule has 15 heavy (non-hydrogen) atoms. The van der Waals surface area contributed by atoms with Crippen LogP contribution in [0.15, 0.2) is 60.7 Å². The van der Waals surface area contributed by atoms with Crippen LogP contribution in [0.2, 0.25) is 0 Å². The van der Waals surface area contributed by atoms with Crippen molar-refractivity contribution in [1.82, 2.24) is 0 Å². The zero-order valence-corrected chi connectivity index (χ0v) is 8.48. The second-order valence-electron chi connectivity index (χ2n) is 3.26. The van der Waals surface area contributed by atoms with Crippen LogP contribution in [0.5, 0.6) is 0 Å². The summed E-state index contributed by atoms with van der Waals surface area (Å²) in [5.74, 6) is 0. The number of hydrogen-bond donors (Lipinski definition) is 2. The topological polar surface area (TPSA) is 24.1 Å². The van der Waals surface area contributed by atoms with Crippen LogP contribution in [0, 0.1) is 0 Å². The summed E-state index contributed by atoms with van der Waals surface area (Å²) in [6.07, 6.45) is 0. The highest BCUT2D eigenvalue weighted by Crippen LogP contribution is 2.06. The maximum absolute atomic E-state index is 3.28. The third-order valence-electron chi connectivity index (χ3n) is 2.13. The number of para-hydroxylation sites is 2. The van der Waals surface area contributed by atoms with Gasteiger partial charge in [0, 0.05) is 11.4 Å². The molecule has 0 unspecified atom stereocenters. The van der Waals surface area contributed by atoms with Gasteiger partial charge in [-0.3, -0.25) is 0 Å². The molecule has 0 aromatic heterocycles. The van der Waals surface area contributed by atoms with E-state index < -0.39 is 0 Å². The molecule has 2 aromatic carbocycles. The van der Waals surface area contributed by atoms with E-state index in [1.807, 2.05) is 60.7 Å². The average Bonchev–Trinajstić information content (AvgIpc) is 2.32. The Morgan fingerprint density at radius 2 is 1.00 bits per heavy atom. The van der Waals surface area contributed by atoms with Crippen molar-refractivity contribution in [2.45, 2.75) is 0 Å². The SMILES string of the molecule is B(Nc1ccccc1)Nc1ccccc1. The van der Waals surface area contributed by atoms with Crippen molar-refractivity contribution in [3.8, 4) is 0 Å². The summed E-state index contributed by atoms with van der Waals surface area (Å²) >= 11 is 0. The number of hydrogen-bond acceptors (Lipinski definition) is 2. The monoisotopic (exact) mass is 196 g/mol. The molecule has 2 nitrogen and oxygen atoms in total. The lowest BCUT2D eigenvalue weighted by Gasteiger charge is -2.06. The third kappa shape index (κ3) is 3.06. The fourth-order valence-corrected chi connectivity index (χ4v) is 1.36. The first-order valence-electron chi connectivity index (χ1n) is 5.03. The third-order valence-corrected chi connectivity index (χ3v) is 2.13. The molecule has 0 radical (unpaired) electrons. The van der Waals surface area contributed by atoms with Crippen molar-refractivity contribution in [2.24, 2.45) is 0 Å². The van der Waals surface area contributed by atoms with Crippen molar-refractivity contribution in [1.29, 1.82) is 0 Å². The lowest BCUT2D eigenvalue weighted by atomic mass is 10.1. The molecule has 0 aliphatic rings. The van der Waals surface area contributed by atoms with E-state index in [2.05, 4.69) is 10.5 Å². The first-order chi connectivity index (χ1) is 7.45. The molecular weight excluding hydrogens is 183 g/mol. The molecule has 2 aromatic rings. The molecule has 3 heteroatoms. The van der Waals surface area contributed by atoms with Crippen LogP contribution in [0.4, 0.5) is 11.4 Å². The number of rotatable bonds is 4. The van der Waals surface area contributed by atoms with Crippen molar-refractivity contribution >= 4 is 18.9 Å². The normalized spacial score (nSPS) is 9.33. The highest BCUT2D eigenvalue weighted by Gasteiger charge is 1.92. The second kappa shape index (κ2) is 5.10. The van der Waals surface area contributed by atoms with Gasteiger partial charge in [0.1, 0.15) is 0 Å². The zero-order valence-electron chi connectivity index (χ0n) is 8.48. The molecule has 0 bridgehead atoms. The fourth-order valence-electron chi connectivity index (χ4n) is 1.36. The van der Waals surface area contributed by atoms with Gasteiger partial charge < -0.3 is 10.5 Å². The Hall–Kier alpha value is -1.90. The van der Waals surface area contributed by atoms with Crippen molar-refractivity contribution in [3.63, 3.8) is 0 Å². The van der Waals surface area contributed by atoms with Crippen LogP contribution in [0.3, 0.4) is 0 Å². The Balaban J connectivity index is 1.81. The predicted molar refractivity (Wildman–Crippen MR) is 67.3 cm³/mol. The number of anilines is 2. The summed E-state index contributed by atoms with van der Waals surface area (Å²) in [7, 11) is 0.730. The average molecular weight is 196 g/mol. The second-order valence-corrected chi connectivity index (χ2v) is 3.26. The molecule has 0 heterocycles. The van der Waals surface area contributed by atoms with E-state index in [4.69, 9.17) is 0 Å². The summed E-state index contributed by atoms with van der Waals surface area (Å²) in [4.78, 5) is 0. The minimum atomic E-state index is 0.730. The van der Waals surface area contributed by atoms with Crippen LogP contribution >= 0.6 is 0 Å². The van der Waals surface area contributed by atoms with E-state index in [1.54, 1.807) is 0 Å². The van der Waals surface area contributed by atoms with Gasteiger partial charge in [0.05, 0.1) is 0 Å². The fraction of sp³-hybridized carbons (Fsp3) is 0. The zero-order chi connectivity index (χ0) is 10.3. The van der Waals surface area contributed by atoms with Gasteiger partial charge in [0.15, 0.2) is 0 Å². The minimum Gasteiger partial charge on any atom is -0.412 e. The van der Waals surface area contributed by atoms with Crippen LogP contribution in [-0.2, 0) is 0 Å². The first kappa shape index (κ1) is 9.65. The molecule has 0 fully saturated rings.